The fraction of sp³-hybridized carbons (Fsp3) is 0.320. The summed E-state index contributed by atoms with van der Waals surface area (Å²) in [6, 6.07) is 15.5. The molecule has 0 unspecified atom stereocenters. The zero-order valence-electron chi connectivity index (χ0n) is 18.6. The molecule has 1 amide bonds. The van der Waals surface area contributed by atoms with E-state index in [1.54, 1.807) is 33.5 Å². The molecule has 0 fully saturated rings. The SMILES string of the molecule is COc1ccc(CN2CCc3cc(OC)c(OC)cc3[C@H]2CNC(=O)c2ccco2)cc1. The van der Waals surface area contributed by atoms with Crippen LogP contribution >= 0.6 is 0 Å². The molecule has 0 saturated carbocycles. The molecule has 32 heavy (non-hydrogen) atoms. The highest BCUT2D eigenvalue weighted by atomic mass is 16.5. The minimum absolute atomic E-state index is 0.0282. The number of rotatable bonds is 8. The zero-order valence-corrected chi connectivity index (χ0v) is 18.6. The Morgan fingerprint density at radius 3 is 2.47 bits per heavy atom. The third-order valence-electron chi connectivity index (χ3n) is 5.86. The molecule has 0 aliphatic carbocycles. The van der Waals surface area contributed by atoms with Gasteiger partial charge in [-0.1, -0.05) is 12.1 Å². The molecule has 1 N–H and O–H groups in total. The van der Waals surface area contributed by atoms with Crippen molar-refractivity contribution in [3.8, 4) is 17.2 Å². The van der Waals surface area contributed by atoms with Crippen LogP contribution in [-0.2, 0) is 13.0 Å². The Bertz CT molecular complexity index is 1050. The first-order valence-corrected chi connectivity index (χ1v) is 10.6. The van der Waals surface area contributed by atoms with Crippen molar-refractivity contribution in [2.24, 2.45) is 0 Å². The number of methoxy groups -OCH3 is 3. The van der Waals surface area contributed by atoms with Gasteiger partial charge in [0.2, 0.25) is 0 Å². The zero-order chi connectivity index (χ0) is 22.5. The summed E-state index contributed by atoms with van der Waals surface area (Å²) in [6.07, 6.45) is 2.38. The lowest BCUT2D eigenvalue weighted by Gasteiger charge is -2.38. The van der Waals surface area contributed by atoms with E-state index in [0.717, 1.165) is 30.8 Å². The fourth-order valence-electron chi connectivity index (χ4n) is 4.16. The third-order valence-corrected chi connectivity index (χ3v) is 5.86. The maximum absolute atomic E-state index is 12.5. The van der Waals surface area contributed by atoms with Gasteiger partial charge in [-0.3, -0.25) is 9.69 Å². The van der Waals surface area contributed by atoms with Gasteiger partial charge in [0.05, 0.1) is 33.6 Å². The van der Waals surface area contributed by atoms with Gasteiger partial charge in [-0.25, -0.2) is 0 Å². The summed E-state index contributed by atoms with van der Waals surface area (Å²) < 4.78 is 21.6. The molecule has 1 aromatic heterocycles. The number of nitrogens with zero attached hydrogens (tertiary/aromatic N) is 1. The largest absolute Gasteiger partial charge is 0.497 e. The Hall–Kier alpha value is -3.45. The van der Waals surface area contributed by atoms with E-state index >= 15 is 0 Å². The number of carbonyl (C=O) groups is 1. The van der Waals surface area contributed by atoms with Crippen molar-refractivity contribution in [2.45, 2.75) is 19.0 Å². The first-order valence-electron chi connectivity index (χ1n) is 10.6. The first kappa shape index (κ1) is 21.8. The summed E-state index contributed by atoms with van der Waals surface area (Å²) in [4.78, 5) is 14.9. The molecular formula is C25H28N2O5. The summed E-state index contributed by atoms with van der Waals surface area (Å²) in [5.41, 5.74) is 3.50. The van der Waals surface area contributed by atoms with Crippen LogP contribution in [0.15, 0.2) is 59.2 Å². The van der Waals surface area contributed by atoms with Crippen molar-refractivity contribution >= 4 is 5.91 Å². The van der Waals surface area contributed by atoms with E-state index in [4.69, 9.17) is 18.6 Å². The van der Waals surface area contributed by atoms with Crippen LogP contribution in [0, 0.1) is 0 Å². The molecule has 1 aliphatic rings. The molecule has 0 bridgehead atoms. The van der Waals surface area contributed by atoms with Crippen molar-refractivity contribution in [1.29, 1.82) is 0 Å². The van der Waals surface area contributed by atoms with Crippen molar-refractivity contribution in [2.75, 3.05) is 34.4 Å². The second-order valence-corrected chi connectivity index (χ2v) is 7.68. The highest BCUT2D eigenvalue weighted by molar-refractivity contribution is 5.91. The number of carbonyl (C=O) groups excluding carboxylic acids is 1. The van der Waals surface area contributed by atoms with E-state index in [0.29, 0.717) is 23.8 Å². The average molecular weight is 437 g/mol. The van der Waals surface area contributed by atoms with E-state index in [1.807, 2.05) is 24.3 Å². The lowest BCUT2D eigenvalue weighted by molar-refractivity contribution is 0.0898. The van der Waals surface area contributed by atoms with Gasteiger partial charge in [0.1, 0.15) is 5.75 Å². The Morgan fingerprint density at radius 1 is 1.06 bits per heavy atom. The molecule has 0 saturated heterocycles. The molecule has 1 atom stereocenters. The van der Waals surface area contributed by atoms with E-state index < -0.39 is 0 Å². The standard InChI is InChI=1S/C25H28N2O5/c1-29-19-8-6-17(7-9-19)16-27-11-10-18-13-23(30-2)24(31-3)14-20(18)21(27)15-26-25(28)22-5-4-12-32-22/h4-9,12-14,21H,10-11,15-16H2,1-3H3,(H,26,28)/t21-/m1/s1. The molecular weight excluding hydrogens is 408 g/mol. The van der Waals surface area contributed by atoms with Gasteiger partial charge in [0.25, 0.3) is 5.91 Å². The Labute approximate surface area is 187 Å². The van der Waals surface area contributed by atoms with E-state index in [9.17, 15) is 4.79 Å². The summed E-state index contributed by atoms with van der Waals surface area (Å²) in [7, 11) is 4.94. The van der Waals surface area contributed by atoms with Crippen LogP contribution in [-0.4, -0.2) is 45.2 Å². The number of benzene rings is 2. The molecule has 2 heterocycles. The van der Waals surface area contributed by atoms with E-state index in [1.165, 1.54) is 17.4 Å². The second-order valence-electron chi connectivity index (χ2n) is 7.68. The quantitative estimate of drug-likeness (QED) is 0.579. The maximum atomic E-state index is 12.5. The maximum Gasteiger partial charge on any atom is 0.287 e. The van der Waals surface area contributed by atoms with Gasteiger partial charge in [-0.05, 0) is 59.5 Å². The highest BCUT2D eigenvalue weighted by Crippen LogP contribution is 2.38. The number of furan rings is 1. The van der Waals surface area contributed by atoms with Crippen LogP contribution in [0.2, 0.25) is 0 Å². The van der Waals surface area contributed by atoms with Gasteiger partial charge in [0, 0.05) is 19.6 Å². The minimum Gasteiger partial charge on any atom is -0.497 e. The Balaban J connectivity index is 1.61. The molecule has 3 aromatic rings. The molecule has 0 radical (unpaired) electrons. The molecule has 0 spiro atoms. The number of hydrogen-bond acceptors (Lipinski definition) is 6. The smallest absolute Gasteiger partial charge is 0.287 e. The number of hydrogen-bond donors (Lipinski definition) is 1. The fourth-order valence-corrected chi connectivity index (χ4v) is 4.16. The van der Waals surface area contributed by atoms with Crippen LogP contribution in [0.4, 0.5) is 0 Å². The number of amides is 1. The van der Waals surface area contributed by atoms with Crippen LogP contribution < -0.4 is 19.5 Å². The Kier molecular flexibility index (Phi) is 6.66. The van der Waals surface area contributed by atoms with Crippen LogP contribution in [0.25, 0.3) is 0 Å². The van der Waals surface area contributed by atoms with Crippen molar-refractivity contribution in [3.05, 3.63) is 77.2 Å². The monoisotopic (exact) mass is 436 g/mol. The molecule has 7 heteroatoms. The average Bonchev–Trinajstić information content (AvgIpc) is 3.38. The molecule has 4 rings (SSSR count). The number of ether oxygens (including phenoxy) is 3. The molecule has 1 aliphatic heterocycles. The molecule has 168 valence electrons. The highest BCUT2D eigenvalue weighted by Gasteiger charge is 2.30. The van der Waals surface area contributed by atoms with E-state index in [2.05, 4.69) is 22.3 Å². The topological polar surface area (TPSA) is 73.2 Å². The summed E-state index contributed by atoms with van der Waals surface area (Å²) in [6.45, 7) is 2.05. The lowest BCUT2D eigenvalue weighted by atomic mass is 9.91. The van der Waals surface area contributed by atoms with Gasteiger partial charge >= 0.3 is 0 Å². The predicted octanol–water partition coefficient (Wildman–Crippen LogP) is 3.83. The summed E-state index contributed by atoms with van der Waals surface area (Å²) in [5.74, 6) is 2.30. The van der Waals surface area contributed by atoms with Gasteiger partial charge in [-0.2, -0.15) is 0 Å². The minimum atomic E-state index is -0.230. The van der Waals surface area contributed by atoms with Gasteiger partial charge < -0.3 is 23.9 Å². The van der Waals surface area contributed by atoms with Crippen molar-refractivity contribution in [3.63, 3.8) is 0 Å². The Morgan fingerprint density at radius 2 is 1.81 bits per heavy atom. The normalized spacial score (nSPS) is 15.7. The first-order chi connectivity index (χ1) is 15.6. The molecule has 7 nitrogen and oxygen atoms in total. The van der Waals surface area contributed by atoms with Crippen LogP contribution in [0.3, 0.4) is 0 Å². The van der Waals surface area contributed by atoms with Crippen LogP contribution in [0.1, 0.15) is 33.3 Å². The third kappa shape index (κ3) is 4.57. The second kappa shape index (κ2) is 9.78. The summed E-state index contributed by atoms with van der Waals surface area (Å²) in [5, 5.41) is 3.03. The van der Waals surface area contributed by atoms with Gasteiger partial charge in [0.15, 0.2) is 17.3 Å². The van der Waals surface area contributed by atoms with Crippen LogP contribution in [0.5, 0.6) is 17.2 Å². The van der Waals surface area contributed by atoms with Crippen molar-refractivity contribution in [1.82, 2.24) is 10.2 Å². The van der Waals surface area contributed by atoms with Gasteiger partial charge in [-0.15, -0.1) is 0 Å². The number of nitrogens with one attached hydrogen (secondary N) is 1. The molecule has 2 aromatic carbocycles. The van der Waals surface area contributed by atoms with Crippen molar-refractivity contribution < 1.29 is 23.4 Å². The van der Waals surface area contributed by atoms with E-state index in [-0.39, 0.29) is 11.9 Å². The predicted molar refractivity (Wildman–Crippen MR) is 120 cm³/mol. The lowest BCUT2D eigenvalue weighted by Crippen LogP contribution is -2.41. The summed E-state index contributed by atoms with van der Waals surface area (Å²) >= 11 is 0. The number of fused-ring (bicyclic) bond motifs is 1.